The van der Waals surface area contributed by atoms with Gasteiger partial charge in [0.05, 0.1) is 15.1 Å². The quantitative estimate of drug-likeness (QED) is 0.669. The highest BCUT2D eigenvalue weighted by Crippen LogP contribution is 2.28. The fourth-order valence-electron chi connectivity index (χ4n) is 4.42. The van der Waals surface area contributed by atoms with Gasteiger partial charge in [0.2, 0.25) is 15.9 Å². The fourth-order valence-corrected chi connectivity index (χ4v) is 6.95. The van der Waals surface area contributed by atoms with Crippen LogP contribution in [-0.2, 0) is 21.4 Å². The number of likely N-dealkylation sites (N-methyl/N-ethyl adjacent to an activating group) is 1. The van der Waals surface area contributed by atoms with E-state index in [0.717, 1.165) is 49.5 Å². The molecular weight excluding hydrogens is 436 g/mol. The van der Waals surface area contributed by atoms with Crippen LogP contribution in [0.25, 0.3) is 10.2 Å². The van der Waals surface area contributed by atoms with Crippen molar-refractivity contribution in [3.8, 4) is 0 Å². The van der Waals surface area contributed by atoms with E-state index < -0.39 is 10.0 Å². The molecule has 1 amide bonds. The lowest BCUT2D eigenvalue weighted by atomic mass is 9.96. The van der Waals surface area contributed by atoms with E-state index in [0.29, 0.717) is 37.2 Å². The average molecular weight is 467 g/mol. The first-order valence-electron chi connectivity index (χ1n) is 10.9. The number of carbonyl (C=O) groups excluding carboxylic acids is 1. The Bertz CT molecular complexity index is 1110. The van der Waals surface area contributed by atoms with E-state index in [1.165, 1.54) is 4.31 Å². The second kappa shape index (κ2) is 9.01. The van der Waals surface area contributed by atoms with Gasteiger partial charge >= 0.3 is 4.87 Å². The molecule has 0 saturated carbocycles. The van der Waals surface area contributed by atoms with Crippen LogP contribution in [0.4, 0.5) is 0 Å². The van der Waals surface area contributed by atoms with Gasteiger partial charge in [0, 0.05) is 51.7 Å². The number of piperazine rings is 1. The van der Waals surface area contributed by atoms with Crippen LogP contribution in [0.5, 0.6) is 0 Å². The largest absolute Gasteiger partial charge is 0.340 e. The first-order valence-corrected chi connectivity index (χ1v) is 13.2. The molecule has 0 bridgehead atoms. The summed E-state index contributed by atoms with van der Waals surface area (Å²) in [5.74, 6) is 0.0549. The van der Waals surface area contributed by atoms with Crippen molar-refractivity contribution in [1.82, 2.24) is 18.7 Å². The molecule has 0 aliphatic carbocycles. The lowest BCUT2D eigenvalue weighted by Crippen LogP contribution is -2.50. The first-order chi connectivity index (χ1) is 14.8. The summed E-state index contributed by atoms with van der Waals surface area (Å²) in [5, 5.41) is 0. The molecular formula is C21H30N4O4S2. The zero-order chi connectivity index (χ0) is 22.2. The van der Waals surface area contributed by atoms with Crippen molar-refractivity contribution in [1.29, 1.82) is 0 Å². The Morgan fingerprint density at radius 2 is 1.77 bits per heavy atom. The van der Waals surface area contributed by atoms with Gasteiger partial charge in [-0.2, -0.15) is 4.31 Å². The number of nitrogens with zero attached hydrogens (tertiary/aromatic N) is 4. The molecule has 1 aromatic carbocycles. The molecule has 1 aromatic heterocycles. The number of fused-ring (bicyclic) bond motifs is 1. The van der Waals surface area contributed by atoms with Crippen molar-refractivity contribution < 1.29 is 13.2 Å². The third-order valence-electron chi connectivity index (χ3n) is 6.34. The third-order valence-corrected chi connectivity index (χ3v) is 9.18. The van der Waals surface area contributed by atoms with Crippen molar-refractivity contribution >= 4 is 37.5 Å². The normalized spacial score (nSPS) is 19.9. The number of aryl methyl sites for hydroxylation is 1. The summed E-state index contributed by atoms with van der Waals surface area (Å²) in [4.78, 5) is 29.3. The zero-order valence-corrected chi connectivity index (χ0v) is 19.8. The van der Waals surface area contributed by atoms with E-state index in [1.807, 2.05) is 11.8 Å². The van der Waals surface area contributed by atoms with E-state index in [2.05, 4.69) is 11.9 Å². The van der Waals surface area contributed by atoms with Gasteiger partial charge in [-0.3, -0.25) is 14.2 Å². The van der Waals surface area contributed by atoms with Crippen molar-refractivity contribution in [2.45, 2.75) is 37.6 Å². The maximum absolute atomic E-state index is 13.2. The van der Waals surface area contributed by atoms with Crippen LogP contribution in [0.1, 0.15) is 26.2 Å². The molecule has 4 rings (SSSR count). The van der Waals surface area contributed by atoms with E-state index in [-0.39, 0.29) is 21.6 Å². The van der Waals surface area contributed by atoms with Gasteiger partial charge < -0.3 is 9.80 Å². The molecule has 170 valence electrons. The smallest absolute Gasteiger partial charge is 0.308 e. The molecule has 31 heavy (non-hydrogen) atoms. The summed E-state index contributed by atoms with van der Waals surface area (Å²) in [5.41, 5.74) is 0.785. The predicted octanol–water partition coefficient (Wildman–Crippen LogP) is 1.65. The molecule has 2 aromatic rings. The topological polar surface area (TPSA) is 82.9 Å². The van der Waals surface area contributed by atoms with Crippen LogP contribution < -0.4 is 4.87 Å². The van der Waals surface area contributed by atoms with E-state index in [4.69, 9.17) is 0 Å². The standard InChI is InChI=1S/C21H30N4O4S2/c1-3-8-25-18-5-4-17(15-19(18)30-21(25)27)31(28,29)24-9-6-16(7-10-24)20(26)23-13-11-22(2)12-14-23/h4-5,15-16H,3,6-14H2,1-2H3. The minimum atomic E-state index is -3.65. The summed E-state index contributed by atoms with van der Waals surface area (Å²) in [6.45, 7) is 6.58. The van der Waals surface area contributed by atoms with Gasteiger partial charge in [-0.15, -0.1) is 0 Å². The zero-order valence-electron chi connectivity index (χ0n) is 18.1. The minimum Gasteiger partial charge on any atom is -0.340 e. The predicted molar refractivity (Wildman–Crippen MR) is 122 cm³/mol. The SMILES string of the molecule is CCCn1c(=O)sc2cc(S(=O)(=O)N3CCC(C(=O)N4CCN(C)CC4)CC3)ccc21. The molecule has 3 heterocycles. The van der Waals surface area contributed by atoms with Gasteiger partial charge in [0.15, 0.2) is 0 Å². The Kier molecular flexibility index (Phi) is 6.52. The molecule has 0 N–H and O–H groups in total. The average Bonchev–Trinajstić information content (AvgIpc) is 3.08. The molecule has 0 atom stereocenters. The lowest BCUT2D eigenvalue weighted by molar-refractivity contribution is -0.138. The molecule has 2 saturated heterocycles. The maximum Gasteiger partial charge on any atom is 0.308 e. The number of hydrogen-bond acceptors (Lipinski definition) is 6. The summed E-state index contributed by atoms with van der Waals surface area (Å²) in [7, 11) is -1.60. The molecule has 0 unspecified atom stereocenters. The van der Waals surface area contributed by atoms with Crippen LogP contribution in [0.3, 0.4) is 0 Å². The van der Waals surface area contributed by atoms with Crippen LogP contribution >= 0.6 is 11.3 Å². The Morgan fingerprint density at radius 3 is 2.42 bits per heavy atom. The van der Waals surface area contributed by atoms with Gasteiger partial charge in [-0.25, -0.2) is 8.42 Å². The van der Waals surface area contributed by atoms with Crippen molar-refractivity contribution in [2.75, 3.05) is 46.3 Å². The van der Waals surface area contributed by atoms with Crippen molar-refractivity contribution in [3.63, 3.8) is 0 Å². The molecule has 2 fully saturated rings. The van der Waals surface area contributed by atoms with E-state index in [9.17, 15) is 18.0 Å². The number of benzene rings is 1. The van der Waals surface area contributed by atoms with Gasteiger partial charge in [0.1, 0.15) is 0 Å². The Labute approximate surface area is 187 Å². The molecule has 2 aliphatic heterocycles. The molecule has 0 spiro atoms. The third kappa shape index (κ3) is 4.44. The number of rotatable bonds is 5. The highest BCUT2D eigenvalue weighted by Gasteiger charge is 2.34. The molecule has 8 nitrogen and oxygen atoms in total. The Balaban J connectivity index is 1.45. The molecule has 2 aliphatic rings. The van der Waals surface area contributed by atoms with Crippen molar-refractivity contribution in [3.05, 3.63) is 27.9 Å². The maximum atomic E-state index is 13.2. The van der Waals surface area contributed by atoms with Gasteiger partial charge in [-0.1, -0.05) is 18.3 Å². The van der Waals surface area contributed by atoms with Crippen LogP contribution in [0, 0.1) is 5.92 Å². The van der Waals surface area contributed by atoms with Gasteiger partial charge in [-0.05, 0) is 44.5 Å². The summed E-state index contributed by atoms with van der Waals surface area (Å²) in [6.07, 6.45) is 1.94. The number of piperidine rings is 1. The number of carbonyl (C=O) groups is 1. The number of thiazole rings is 1. The number of sulfonamides is 1. The van der Waals surface area contributed by atoms with Crippen molar-refractivity contribution in [2.24, 2.45) is 5.92 Å². The number of hydrogen-bond donors (Lipinski definition) is 0. The number of amides is 1. The van der Waals surface area contributed by atoms with Crippen LogP contribution in [0.2, 0.25) is 0 Å². The second-order valence-corrected chi connectivity index (χ2v) is 11.4. The molecule has 10 heteroatoms. The van der Waals surface area contributed by atoms with Crippen LogP contribution in [-0.4, -0.2) is 79.3 Å². The Morgan fingerprint density at radius 1 is 1.10 bits per heavy atom. The fraction of sp³-hybridized carbons (Fsp3) is 0.619. The monoisotopic (exact) mass is 466 g/mol. The highest BCUT2D eigenvalue weighted by atomic mass is 32.2. The van der Waals surface area contributed by atoms with Crippen LogP contribution in [0.15, 0.2) is 27.9 Å². The lowest BCUT2D eigenvalue weighted by Gasteiger charge is -2.37. The van der Waals surface area contributed by atoms with Gasteiger partial charge in [0.25, 0.3) is 0 Å². The second-order valence-electron chi connectivity index (χ2n) is 8.46. The Hall–Kier alpha value is -1.75. The minimum absolute atomic E-state index is 0.0605. The highest BCUT2D eigenvalue weighted by molar-refractivity contribution is 7.89. The van der Waals surface area contributed by atoms with E-state index in [1.54, 1.807) is 22.8 Å². The molecule has 0 radical (unpaired) electrons. The first kappa shape index (κ1) is 22.4. The van der Waals surface area contributed by atoms with E-state index >= 15 is 0 Å². The summed E-state index contributed by atoms with van der Waals surface area (Å²) < 4.78 is 30.3. The number of aromatic nitrogens is 1. The summed E-state index contributed by atoms with van der Waals surface area (Å²) >= 11 is 1.09. The summed E-state index contributed by atoms with van der Waals surface area (Å²) in [6, 6.07) is 4.95.